The summed E-state index contributed by atoms with van der Waals surface area (Å²) in [5, 5.41) is 18.1. The molecule has 0 N–H and O–H groups in total. The van der Waals surface area contributed by atoms with Crippen molar-refractivity contribution in [1.29, 1.82) is 0 Å². The molecule has 0 aliphatic carbocycles. The van der Waals surface area contributed by atoms with E-state index in [4.69, 9.17) is 4.98 Å². The molecule has 12 rings (SSSR count). The first-order chi connectivity index (χ1) is 26.2. The molecule has 0 bridgehead atoms. The highest BCUT2D eigenvalue weighted by Gasteiger charge is 2.16. The molecule has 0 fully saturated rings. The summed E-state index contributed by atoms with van der Waals surface area (Å²) in [5.41, 5.74) is 7.91. The van der Waals surface area contributed by atoms with Gasteiger partial charge in [0.1, 0.15) is 5.65 Å². The second-order valence-electron chi connectivity index (χ2n) is 14.4. The third-order valence-corrected chi connectivity index (χ3v) is 11.5. The monoisotopic (exact) mass is 670 g/mol. The molecule has 10 aromatic carbocycles. The Kier molecular flexibility index (Phi) is 5.80. The van der Waals surface area contributed by atoms with Crippen LogP contribution in [0.1, 0.15) is 0 Å². The van der Waals surface area contributed by atoms with Gasteiger partial charge in [0.05, 0.1) is 5.69 Å². The molecule has 0 atom stereocenters. The van der Waals surface area contributed by atoms with Crippen LogP contribution in [0, 0.1) is 0 Å². The molecule has 2 aromatic heterocycles. The van der Waals surface area contributed by atoms with E-state index < -0.39 is 0 Å². The number of hydrogen-bond donors (Lipinski definition) is 0. The van der Waals surface area contributed by atoms with E-state index in [-0.39, 0.29) is 0 Å². The minimum atomic E-state index is 0.956. The molecule has 0 saturated heterocycles. The number of fused-ring (bicyclic) bond motifs is 4. The number of aromatic nitrogens is 2. The summed E-state index contributed by atoms with van der Waals surface area (Å²) in [6.45, 7) is 0. The van der Waals surface area contributed by atoms with Crippen LogP contribution < -0.4 is 0 Å². The van der Waals surface area contributed by atoms with E-state index >= 15 is 0 Å². The average Bonchev–Trinajstić information content (AvgIpc) is 3.66. The highest BCUT2D eigenvalue weighted by Crippen LogP contribution is 2.44. The van der Waals surface area contributed by atoms with Crippen molar-refractivity contribution in [3.8, 4) is 33.5 Å². The summed E-state index contributed by atoms with van der Waals surface area (Å²) in [6.07, 6.45) is 4.13. The number of rotatable bonds is 3. The van der Waals surface area contributed by atoms with Crippen molar-refractivity contribution in [1.82, 2.24) is 9.38 Å². The largest absolute Gasteiger partial charge is 0.306 e. The summed E-state index contributed by atoms with van der Waals surface area (Å²) in [4.78, 5) is 4.80. The van der Waals surface area contributed by atoms with E-state index in [1.807, 2.05) is 24.4 Å². The van der Waals surface area contributed by atoms with Gasteiger partial charge in [-0.15, -0.1) is 0 Å². The maximum absolute atomic E-state index is 4.80. The molecule has 0 amide bonds. The van der Waals surface area contributed by atoms with Gasteiger partial charge in [-0.05, 0) is 134 Å². The molecule has 0 aliphatic rings. The van der Waals surface area contributed by atoms with Gasteiger partial charge in [-0.1, -0.05) is 133 Å². The van der Waals surface area contributed by atoms with Gasteiger partial charge < -0.3 is 4.40 Å². The van der Waals surface area contributed by atoms with Crippen LogP contribution in [-0.2, 0) is 0 Å². The van der Waals surface area contributed by atoms with Crippen molar-refractivity contribution in [3.63, 3.8) is 0 Å². The van der Waals surface area contributed by atoms with Gasteiger partial charge in [-0.3, -0.25) is 0 Å². The van der Waals surface area contributed by atoms with Gasteiger partial charge in [0.25, 0.3) is 0 Å². The van der Waals surface area contributed by atoms with Crippen LogP contribution >= 0.6 is 0 Å². The molecule has 0 radical (unpaired) electrons. The van der Waals surface area contributed by atoms with Crippen LogP contribution in [0.15, 0.2) is 182 Å². The highest BCUT2D eigenvalue weighted by atomic mass is 15.0. The fraction of sp³-hybridized carbons (Fsp3) is 0. The Balaban J connectivity index is 1.02. The Morgan fingerprint density at radius 2 is 0.811 bits per heavy atom. The van der Waals surface area contributed by atoms with E-state index in [0.717, 1.165) is 16.9 Å². The summed E-state index contributed by atoms with van der Waals surface area (Å²) >= 11 is 0. The number of hydrogen-bond acceptors (Lipinski definition) is 1. The fourth-order valence-electron chi connectivity index (χ4n) is 8.96. The van der Waals surface area contributed by atoms with Gasteiger partial charge in [0.2, 0.25) is 0 Å². The third-order valence-electron chi connectivity index (χ3n) is 11.5. The number of imidazole rings is 1. The Bertz CT molecular complexity index is 3400. The number of nitrogens with zero attached hydrogens (tertiary/aromatic N) is 2. The Labute approximate surface area is 305 Å². The zero-order valence-electron chi connectivity index (χ0n) is 28.7. The summed E-state index contributed by atoms with van der Waals surface area (Å²) in [7, 11) is 0. The van der Waals surface area contributed by atoms with Gasteiger partial charge in [-0.25, -0.2) is 4.98 Å². The molecule has 2 heterocycles. The summed E-state index contributed by atoms with van der Waals surface area (Å²) in [5.74, 6) is 0. The molecule has 0 spiro atoms. The minimum Gasteiger partial charge on any atom is -0.306 e. The fourth-order valence-corrected chi connectivity index (χ4v) is 8.96. The van der Waals surface area contributed by atoms with Crippen LogP contribution in [0.4, 0.5) is 0 Å². The van der Waals surface area contributed by atoms with Gasteiger partial charge in [-0.2, -0.15) is 0 Å². The van der Waals surface area contributed by atoms with Crippen molar-refractivity contribution >= 4 is 81.1 Å². The number of benzene rings is 9. The van der Waals surface area contributed by atoms with Crippen LogP contribution in [0.3, 0.4) is 0 Å². The van der Waals surface area contributed by atoms with E-state index in [0.29, 0.717) is 0 Å². The van der Waals surface area contributed by atoms with Crippen LogP contribution in [-0.4, -0.2) is 9.38 Å². The summed E-state index contributed by atoms with van der Waals surface area (Å²) < 4.78 is 2.06. The van der Waals surface area contributed by atoms with Crippen molar-refractivity contribution in [2.24, 2.45) is 0 Å². The first kappa shape index (κ1) is 28.6. The average molecular weight is 671 g/mol. The quantitative estimate of drug-likeness (QED) is 0.171. The predicted molar refractivity (Wildman–Crippen MR) is 225 cm³/mol. The second kappa shape index (κ2) is 10.7. The topological polar surface area (TPSA) is 17.3 Å². The van der Waals surface area contributed by atoms with Crippen molar-refractivity contribution < 1.29 is 0 Å². The molecular formula is C51H30N2. The molecule has 244 valence electrons. The molecular weight excluding hydrogens is 641 g/mol. The molecule has 0 aliphatic heterocycles. The van der Waals surface area contributed by atoms with Crippen LogP contribution in [0.25, 0.3) is 115 Å². The maximum atomic E-state index is 4.80. The molecule has 53 heavy (non-hydrogen) atoms. The SMILES string of the molecule is c1cc2ccc3cccc4c5cc(-c6ccc7cc(-c8ccc(-c9cn%10ccccc%10n9)cc8)ccc7c6)cc6ccc7cccc(c(c1)c2c34)c7c65. The van der Waals surface area contributed by atoms with Crippen LogP contribution in [0.2, 0.25) is 0 Å². The van der Waals surface area contributed by atoms with Crippen LogP contribution in [0.5, 0.6) is 0 Å². The van der Waals surface area contributed by atoms with Crippen molar-refractivity contribution in [2.75, 3.05) is 0 Å². The van der Waals surface area contributed by atoms with E-state index in [2.05, 4.69) is 162 Å². The lowest BCUT2D eigenvalue weighted by atomic mass is 9.86. The minimum absolute atomic E-state index is 0.956. The van der Waals surface area contributed by atoms with Crippen molar-refractivity contribution in [3.05, 3.63) is 182 Å². The Hall–Kier alpha value is -7.03. The zero-order valence-corrected chi connectivity index (χ0v) is 28.7. The second-order valence-corrected chi connectivity index (χ2v) is 14.4. The summed E-state index contributed by atoms with van der Waals surface area (Å²) in [6, 6.07) is 63.0. The molecule has 2 heteroatoms. The van der Waals surface area contributed by atoms with Crippen molar-refractivity contribution in [2.45, 2.75) is 0 Å². The zero-order chi connectivity index (χ0) is 34.6. The van der Waals surface area contributed by atoms with E-state index in [1.165, 1.54) is 97.7 Å². The lowest BCUT2D eigenvalue weighted by Gasteiger charge is -2.17. The van der Waals surface area contributed by atoms with Gasteiger partial charge >= 0.3 is 0 Å². The Morgan fingerprint density at radius 1 is 0.321 bits per heavy atom. The maximum Gasteiger partial charge on any atom is 0.137 e. The van der Waals surface area contributed by atoms with E-state index in [9.17, 15) is 0 Å². The third kappa shape index (κ3) is 4.24. The van der Waals surface area contributed by atoms with E-state index in [1.54, 1.807) is 0 Å². The first-order valence-electron chi connectivity index (χ1n) is 18.3. The predicted octanol–water partition coefficient (Wildman–Crippen LogP) is 13.8. The molecule has 2 nitrogen and oxygen atoms in total. The lowest BCUT2D eigenvalue weighted by Crippen LogP contribution is -1.89. The smallest absolute Gasteiger partial charge is 0.137 e. The Morgan fingerprint density at radius 3 is 1.43 bits per heavy atom. The highest BCUT2D eigenvalue weighted by molar-refractivity contribution is 6.37. The lowest BCUT2D eigenvalue weighted by molar-refractivity contribution is 1.19. The molecule has 12 aromatic rings. The van der Waals surface area contributed by atoms with Gasteiger partial charge in [0.15, 0.2) is 0 Å². The standard InChI is InChI=1S/C51H30N2/c1-2-25-53-30-46(52-47(53)12-1)32-15-13-31(14-16-32)36-20-21-38-27-39(23-22-37(38)26-36)41-28-40-24-19-35-7-4-10-43-42-9-3-6-33-17-18-34-8-5-11-44(50(34)48(33)42)45(29-41)51(40)49(35)43/h1-30H. The molecule has 0 unspecified atom stereocenters. The normalized spacial score (nSPS) is 12.2. The first-order valence-corrected chi connectivity index (χ1v) is 18.3. The molecule has 0 saturated carbocycles. The number of pyridine rings is 1. The van der Waals surface area contributed by atoms with Gasteiger partial charge in [0, 0.05) is 18.0 Å².